The lowest BCUT2D eigenvalue weighted by molar-refractivity contribution is -0.193. The van der Waals surface area contributed by atoms with Gasteiger partial charge in [0.15, 0.2) is 0 Å². The van der Waals surface area contributed by atoms with Crippen LogP contribution in [0.3, 0.4) is 0 Å². The summed E-state index contributed by atoms with van der Waals surface area (Å²) in [6.07, 6.45) is -0.806. The zero-order chi connectivity index (χ0) is 17.6. The fourth-order valence-electron chi connectivity index (χ4n) is 2.28. The molecule has 0 aromatic heterocycles. The molecule has 0 unspecified atom stereocenters. The second-order valence-electron chi connectivity index (χ2n) is 5.07. The Balaban J connectivity index is 0.000000303. The normalized spacial score (nSPS) is 23.5. The van der Waals surface area contributed by atoms with Crippen LogP contribution in [0.5, 0.6) is 0 Å². The summed E-state index contributed by atoms with van der Waals surface area (Å²) in [7, 11) is 0. The van der Waals surface area contributed by atoms with Gasteiger partial charge in [0, 0.05) is 0 Å². The van der Waals surface area contributed by atoms with Gasteiger partial charge in [-0.15, -0.1) is 0 Å². The first-order valence-corrected chi connectivity index (χ1v) is 6.44. The van der Waals surface area contributed by atoms with Crippen molar-refractivity contribution in [1.29, 1.82) is 0 Å². The van der Waals surface area contributed by atoms with Gasteiger partial charge in [0.05, 0.1) is 0 Å². The molecule has 0 spiro atoms. The molecule has 3 aliphatic rings. The number of rotatable bonds is 0. The lowest BCUT2D eigenvalue weighted by Gasteiger charge is -2.35. The molecule has 0 saturated heterocycles. The van der Waals surface area contributed by atoms with Crippen molar-refractivity contribution in [1.82, 2.24) is 0 Å². The molecule has 0 atom stereocenters. The highest BCUT2D eigenvalue weighted by Crippen LogP contribution is 2.40. The van der Waals surface area contributed by atoms with Crippen LogP contribution in [0.25, 0.3) is 0 Å². The van der Waals surface area contributed by atoms with Gasteiger partial charge < -0.3 is 10.2 Å². The van der Waals surface area contributed by atoms with Gasteiger partial charge in [0.25, 0.3) is 0 Å². The van der Waals surface area contributed by atoms with E-state index in [0.717, 1.165) is 11.8 Å². The smallest absolute Gasteiger partial charge is 0.475 e. The lowest BCUT2D eigenvalue weighted by atomic mass is 9.71. The average molecular weight is 338 g/mol. The van der Waals surface area contributed by atoms with Crippen LogP contribution >= 0.6 is 0 Å². The summed E-state index contributed by atoms with van der Waals surface area (Å²) in [5.41, 5.74) is 0. The summed E-state index contributed by atoms with van der Waals surface area (Å²) >= 11 is 0. The minimum absolute atomic E-state index is 1.15. The van der Waals surface area contributed by atoms with E-state index >= 15 is 0 Å². The molecule has 0 heterocycles. The highest BCUT2D eigenvalue weighted by atomic mass is 19.4. The molecule has 3 saturated carbocycles. The Morgan fingerprint density at radius 3 is 0.818 bits per heavy atom. The van der Waals surface area contributed by atoms with E-state index in [1.54, 1.807) is 38.5 Å². The summed E-state index contributed by atoms with van der Waals surface area (Å²) in [5.74, 6) is -3.21. The topological polar surface area (TPSA) is 74.6 Å². The van der Waals surface area contributed by atoms with E-state index in [2.05, 4.69) is 0 Å². The Hall–Kier alpha value is -1.48. The van der Waals surface area contributed by atoms with Gasteiger partial charge in [-0.25, -0.2) is 9.59 Å². The van der Waals surface area contributed by atoms with Crippen molar-refractivity contribution >= 4 is 11.9 Å². The highest BCUT2D eigenvalue weighted by molar-refractivity contribution is 5.73. The van der Waals surface area contributed by atoms with Crippen LogP contribution in [0.4, 0.5) is 26.3 Å². The Kier molecular flexibility index (Phi) is 7.68. The van der Waals surface area contributed by atoms with Crippen LogP contribution in [0, 0.1) is 11.8 Å². The third-order valence-corrected chi connectivity index (χ3v) is 3.43. The van der Waals surface area contributed by atoms with E-state index in [1.165, 1.54) is 0 Å². The van der Waals surface area contributed by atoms with Crippen molar-refractivity contribution in [2.45, 2.75) is 50.9 Å². The van der Waals surface area contributed by atoms with E-state index in [1.807, 2.05) is 0 Å². The number of hydrogen-bond acceptors (Lipinski definition) is 2. The average Bonchev–Trinajstić information content (AvgIpc) is 2.40. The maximum atomic E-state index is 10.6. The quantitative estimate of drug-likeness (QED) is 0.658. The molecule has 4 nitrogen and oxygen atoms in total. The van der Waals surface area contributed by atoms with Crippen molar-refractivity contribution in [3.05, 3.63) is 0 Å². The molecule has 0 aliphatic heterocycles. The lowest BCUT2D eigenvalue weighted by Crippen LogP contribution is -2.21. The van der Waals surface area contributed by atoms with Gasteiger partial charge in [-0.3, -0.25) is 0 Å². The number of halogens is 6. The monoisotopic (exact) mass is 338 g/mol. The van der Waals surface area contributed by atoms with E-state index in [4.69, 9.17) is 19.8 Å². The van der Waals surface area contributed by atoms with Gasteiger partial charge in [-0.2, -0.15) is 26.3 Å². The number of aliphatic carboxylic acids is 2. The Labute approximate surface area is 122 Å². The maximum absolute atomic E-state index is 10.6. The largest absolute Gasteiger partial charge is 0.490 e. The molecule has 2 N–H and O–H groups in total. The van der Waals surface area contributed by atoms with Crippen LogP contribution in [0.1, 0.15) is 38.5 Å². The summed E-state index contributed by atoms with van der Waals surface area (Å²) in [4.78, 5) is 17.8. The molecule has 10 heteroatoms. The molecular weight excluding hydrogens is 322 g/mol. The summed E-state index contributed by atoms with van der Waals surface area (Å²) in [6, 6.07) is 0. The van der Waals surface area contributed by atoms with Gasteiger partial charge in [-0.05, 0) is 11.8 Å². The standard InChI is InChI=1S/C8H14.2C2HF3O2/c1-2-8-5-3-7(1)4-6-8;2*3-2(4,5)1(6)7/h7-8H,1-6H2;2*(H,6,7). The summed E-state index contributed by atoms with van der Waals surface area (Å²) < 4.78 is 63.5. The molecule has 3 rings (SSSR count). The molecule has 22 heavy (non-hydrogen) atoms. The molecule has 130 valence electrons. The minimum atomic E-state index is -5.08. The number of carboxylic acids is 2. The molecule has 0 radical (unpaired) electrons. The number of carboxylic acid groups (broad SMARTS) is 2. The first-order valence-electron chi connectivity index (χ1n) is 6.44. The van der Waals surface area contributed by atoms with Crippen LogP contribution in [0.2, 0.25) is 0 Å². The third kappa shape index (κ3) is 8.73. The van der Waals surface area contributed by atoms with Crippen molar-refractivity contribution < 1.29 is 46.1 Å². The predicted octanol–water partition coefficient (Wildman–Crippen LogP) is 3.85. The number of fused-ring (bicyclic) bond motifs is 3. The van der Waals surface area contributed by atoms with E-state index in [-0.39, 0.29) is 0 Å². The molecule has 3 fully saturated rings. The van der Waals surface area contributed by atoms with Gasteiger partial charge in [0.2, 0.25) is 0 Å². The summed E-state index contributed by atoms with van der Waals surface area (Å²) in [6.45, 7) is 0. The molecule has 2 bridgehead atoms. The van der Waals surface area contributed by atoms with Crippen LogP contribution in [0.15, 0.2) is 0 Å². The fourth-order valence-corrected chi connectivity index (χ4v) is 2.28. The predicted molar refractivity (Wildman–Crippen MR) is 62.1 cm³/mol. The van der Waals surface area contributed by atoms with Crippen molar-refractivity contribution in [3.63, 3.8) is 0 Å². The van der Waals surface area contributed by atoms with E-state index in [9.17, 15) is 26.3 Å². The highest BCUT2D eigenvalue weighted by Gasteiger charge is 2.38. The number of hydrogen-bond donors (Lipinski definition) is 2. The molecule has 0 aromatic carbocycles. The molecule has 0 aromatic rings. The summed E-state index contributed by atoms with van der Waals surface area (Å²) in [5, 5.41) is 14.2. The SMILES string of the molecule is C1CC2CCC1CC2.O=C(O)C(F)(F)F.O=C(O)C(F)(F)F. The first kappa shape index (κ1) is 20.5. The molecule has 3 aliphatic carbocycles. The molecular formula is C12H16F6O4. The third-order valence-electron chi connectivity index (χ3n) is 3.43. The second kappa shape index (κ2) is 8.23. The van der Waals surface area contributed by atoms with Gasteiger partial charge >= 0.3 is 24.3 Å². The van der Waals surface area contributed by atoms with E-state index < -0.39 is 24.3 Å². The first-order chi connectivity index (χ1) is 9.84. The van der Waals surface area contributed by atoms with E-state index in [0.29, 0.717) is 0 Å². The Morgan fingerprint density at radius 2 is 0.773 bits per heavy atom. The van der Waals surface area contributed by atoms with Crippen LogP contribution in [-0.4, -0.2) is 34.5 Å². The Morgan fingerprint density at radius 1 is 0.636 bits per heavy atom. The fraction of sp³-hybridized carbons (Fsp3) is 0.833. The van der Waals surface area contributed by atoms with Crippen molar-refractivity contribution in [2.24, 2.45) is 11.8 Å². The number of alkyl halides is 6. The van der Waals surface area contributed by atoms with Gasteiger partial charge in [-0.1, -0.05) is 38.5 Å². The van der Waals surface area contributed by atoms with Crippen molar-refractivity contribution in [3.8, 4) is 0 Å². The number of carbonyl (C=O) groups is 2. The van der Waals surface area contributed by atoms with Gasteiger partial charge in [0.1, 0.15) is 0 Å². The van der Waals surface area contributed by atoms with Crippen LogP contribution < -0.4 is 0 Å². The second-order valence-corrected chi connectivity index (χ2v) is 5.07. The Bertz CT molecular complexity index is 322. The zero-order valence-corrected chi connectivity index (χ0v) is 11.4. The zero-order valence-electron chi connectivity index (χ0n) is 11.4. The minimum Gasteiger partial charge on any atom is -0.475 e. The molecule has 0 amide bonds. The van der Waals surface area contributed by atoms with Crippen molar-refractivity contribution in [2.75, 3.05) is 0 Å². The van der Waals surface area contributed by atoms with Crippen LogP contribution in [-0.2, 0) is 9.59 Å². The maximum Gasteiger partial charge on any atom is 0.490 e.